The van der Waals surface area contributed by atoms with Crippen molar-refractivity contribution in [3.63, 3.8) is 0 Å². The van der Waals surface area contributed by atoms with Gasteiger partial charge in [-0.25, -0.2) is 0 Å². The maximum atomic E-state index is 10.5. The number of hydrogen-bond acceptors (Lipinski definition) is 2. The van der Waals surface area contributed by atoms with Crippen LogP contribution in [-0.4, -0.2) is 14.9 Å². The van der Waals surface area contributed by atoms with Crippen molar-refractivity contribution in [1.29, 1.82) is 0 Å². The van der Waals surface area contributed by atoms with E-state index in [-0.39, 0.29) is 0 Å². The van der Waals surface area contributed by atoms with Crippen molar-refractivity contribution in [1.82, 2.24) is 9.78 Å². The molecule has 0 amide bonds. The fourth-order valence-electron chi connectivity index (χ4n) is 2.31. The smallest absolute Gasteiger partial charge is 0.0848 e. The molecule has 0 bridgehead atoms. The first kappa shape index (κ1) is 15.7. The van der Waals surface area contributed by atoms with Gasteiger partial charge in [-0.1, -0.05) is 28.9 Å². The molecule has 0 radical (unpaired) electrons. The second-order valence-electron chi connectivity index (χ2n) is 4.91. The summed E-state index contributed by atoms with van der Waals surface area (Å²) in [7, 11) is 1.92. The summed E-state index contributed by atoms with van der Waals surface area (Å²) in [5, 5.41) is 15.0. The number of halogens is 2. The van der Waals surface area contributed by atoms with Crippen LogP contribution in [0.2, 0.25) is 0 Å². The molecule has 1 unspecified atom stereocenters. The third-order valence-electron chi connectivity index (χ3n) is 3.49. The molecule has 1 aromatic carbocycles. The van der Waals surface area contributed by atoms with Crippen molar-refractivity contribution in [3.05, 3.63) is 49.7 Å². The van der Waals surface area contributed by atoms with Gasteiger partial charge in [0.1, 0.15) is 0 Å². The number of aliphatic hydroxyl groups is 1. The second-order valence-corrected chi connectivity index (χ2v) is 6.61. The maximum Gasteiger partial charge on any atom is 0.0848 e. The molecule has 2 aromatic rings. The normalized spacial score (nSPS) is 12.7. The molecule has 0 aliphatic carbocycles. The minimum absolute atomic E-state index is 0.538. The average Bonchev–Trinajstić information content (AvgIpc) is 2.68. The van der Waals surface area contributed by atoms with Crippen LogP contribution in [0.3, 0.4) is 0 Å². The summed E-state index contributed by atoms with van der Waals surface area (Å²) in [5.41, 5.74) is 4.09. The molecule has 0 saturated heterocycles. The Morgan fingerprint density at radius 2 is 2.05 bits per heavy atom. The van der Waals surface area contributed by atoms with E-state index in [0.29, 0.717) is 6.42 Å². The Kier molecular flexibility index (Phi) is 5.04. The van der Waals surface area contributed by atoms with Gasteiger partial charge in [0, 0.05) is 17.9 Å². The lowest BCUT2D eigenvalue weighted by Gasteiger charge is -2.14. The second kappa shape index (κ2) is 6.41. The lowest BCUT2D eigenvalue weighted by atomic mass is 10.00. The van der Waals surface area contributed by atoms with Crippen LogP contribution in [0.5, 0.6) is 0 Å². The van der Waals surface area contributed by atoms with Gasteiger partial charge in [0.15, 0.2) is 0 Å². The molecule has 5 heteroatoms. The first-order valence-corrected chi connectivity index (χ1v) is 8.17. The van der Waals surface area contributed by atoms with Crippen LogP contribution in [-0.2, 0) is 19.9 Å². The zero-order chi connectivity index (χ0) is 14.9. The molecule has 0 saturated carbocycles. The lowest BCUT2D eigenvalue weighted by molar-refractivity contribution is 0.175. The summed E-state index contributed by atoms with van der Waals surface area (Å²) < 4.78 is 3.84. The zero-order valence-electron chi connectivity index (χ0n) is 11.8. The lowest BCUT2D eigenvalue weighted by Crippen LogP contribution is -2.08. The van der Waals surface area contributed by atoms with E-state index in [1.807, 2.05) is 36.9 Å². The number of rotatable bonds is 4. The first-order chi connectivity index (χ1) is 9.43. The van der Waals surface area contributed by atoms with E-state index in [1.54, 1.807) is 0 Å². The summed E-state index contributed by atoms with van der Waals surface area (Å²) >= 11 is 7.05. The van der Waals surface area contributed by atoms with Crippen LogP contribution in [0.1, 0.15) is 35.5 Å². The Hall–Kier alpha value is -0.650. The van der Waals surface area contributed by atoms with Crippen LogP contribution in [0.4, 0.5) is 0 Å². The third-order valence-corrected chi connectivity index (χ3v) is 4.90. The quantitative estimate of drug-likeness (QED) is 0.837. The standard InChI is InChI=1S/C15H18Br2N2O/c1-4-12-15(17)13(19(3)18-12)8-14(20)11-7-10(16)6-5-9(11)2/h5-7,14,20H,4,8H2,1-3H3. The number of aryl methyl sites for hydroxylation is 3. The molecule has 1 aromatic heterocycles. The number of benzene rings is 1. The number of hydrogen-bond donors (Lipinski definition) is 1. The van der Waals surface area contributed by atoms with Gasteiger partial charge in [0.05, 0.1) is 22.0 Å². The molecular formula is C15H18Br2N2O. The van der Waals surface area contributed by atoms with Gasteiger partial charge in [-0.2, -0.15) is 5.10 Å². The highest BCUT2D eigenvalue weighted by atomic mass is 79.9. The number of nitrogens with zero attached hydrogens (tertiary/aromatic N) is 2. The fourth-order valence-corrected chi connectivity index (χ4v) is 3.46. The first-order valence-electron chi connectivity index (χ1n) is 6.58. The van der Waals surface area contributed by atoms with Gasteiger partial charge < -0.3 is 5.11 Å². The Labute approximate surface area is 136 Å². The number of aliphatic hydroxyl groups excluding tert-OH is 1. The molecule has 108 valence electrons. The van der Waals surface area contributed by atoms with Crippen LogP contribution in [0, 0.1) is 6.92 Å². The van der Waals surface area contributed by atoms with Crippen LogP contribution >= 0.6 is 31.9 Å². The molecule has 1 heterocycles. The largest absolute Gasteiger partial charge is 0.388 e. The molecule has 20 heavy (non-hydrogen) atoms. The van der Waals surface area contributed by atoms with E-state index in [1.165, 1.54) is 0 Å². The van der Waals surface area contributed by atoms with Crippen molar-refractivity contribution >= 4 is 31.9 Å². The van der Waals surface area contributed by atoms with E-state index in [4.69, 9.17) is 0 Å². The monoisotopic (exact) mass is 400 g/mol. The highest BCUT2D eigenvalue weighted by Gasteiger charge is 2.18. The van der Waals surface area contributed by atoms with Crippen LogP contribution in [0.15, 0.2) is 27.1 Å². The van der Waals surface area contributed by atoms with E-state index >= 15 is 0 Å². The van der Waals surface area contributed by atoms with E-state index < -0.39 is 6.10 Å². The van der Waals surface area contributed by atoms with Gasteiger partial charge in [0.2, 0.25) is 0 Å². The van der Waals surface area contributed by atoms with E-state index in [0.717, 1.165) is 37.9 Å². The van der Waals surface area contributed by atoms with Crippen molar-refractivity contribution in [2.45, 2.75) is 32.8 Å². The van der Waals surface area contributed by atoms with E-state index in [9.17, 15) is 5.11 Å². The summed E-state index contributed by atoms with van der Waals surface area (Å²) in [5.74, 6) is 0. The predicted molar refractivity (Wildman–Crippen MR) is 87.8 cm³/mol. The average molecular weight is 402 g/mol. The summed E-state index contributed by atoms with van der Waals surface area (Å²) in [6, 6.07) is 5.98. The molecule has 3 nitrogen and oxygen atoms in total. The minimum Gasteiger partial charge on any atom is -0.388 e. The summed E-state index contributed by atoms with van der Waals surface area (Å²) in [4.78, 5) is 0. The maximum absolute atomic E-state index is 10.5. The van der Waals surface area contributed by atoms with Gasteiger partial charge in [-0.15, -0.1) is 0 Å². The van der Waals surface area contributed by atoms with Crippen LogP contribution < -0.4 is 0 Å². The topological polar surface area (TPSA) is 38.0 Å². The third kappa shape index (κ3) is 3.15. The molecule has 1 atom stereocenters. The van der Waals surface area contributed by atoms with Crippen molar-refractivity contribution in [3.8, 4) is 0 Å². The van der Waals surface area contributed by atoms with Crippen LogP contribution in [0.25, 0.3) is 0 Å². The molecule has 1 N–H and O–H groups in total. The molecule has 0 aliphatic heterocycles. The highest BCUT2D eigenvalue weighted by Crippen LogP contribution is 2.29. The molecule has 0 spiro atoms. The molecule has 2 rings (SSSR count). The van der Waals surface area contributed by atoms with Gasteiger partial charge >= 0.3 is 0 Å². The van der Waals surface area contributed by atoms with Gasteiger partial charge in [0.25, 0.3) is 0 Å². The van der Waals surface area contributed by atoms with Crippen molar-refractivity contribution < 1.29 is 5.11 Å². The van der Waals surface area contributed by atoms with Gasteiger partial charge in [-0.05, 0) is 52.5 Å². The SMILES string of the molecule is CCc1nn(C)c(CC(O)c2cc(Br)ccc2C)c1Br. The predicted octanol–water partition coefficient (Wildman–Crippen LogP) is 4.09. The van der Waals surface area contributed by atoms with Crippen molar-refractivity contribution in [2.24, 2.45) is 7.05 Å². The minimum atomic E-state index is -0.538. The van der Waals surface area contributed by atoms with E-state index in [2.05, 4.69) is 43.9 Å². The molecule has 0 fully saturated rings. The Bertz CT molecular complexity index is 623. The molecular weight excluding hydrogens is 384 g/mol. The van der Waals surface area contributed by atoms with Crippen molar-refractivity contribution in [2.75, 3.05) is 0 Å². The Balaban J connectivity index is 2.30. The Morgan fingerprint density at radius 1 is 1.35 bits per heavy atom. The zero-order valence-corrected chi connectivity index (χ0v) is 15.0. The summed E-state index contributed by atoms with van der Waals surface area (Å²) in [6.07, 6.45) is 0.880. The Morgan fingerprint density at radius 3 is 2.65 bits per heavy atom. The number of aromatic nitrogens is 2. The fraction of sp³-hybridized carbons (Fsp3) is 0.400. The molecule has 0 aliphatic rings. The highest BCUT2D eigenvalue weighted by molar-refractivity contribution is 9.10. The summed E-state index contributed by atoms with van der Waals surface area (Å²) in [6.45, 7) is 4.09. The van der Waals surface area contributed by atoms with Gasteiger partial charge in [-0.3, -0.25) is 4.68 Å².